The van der Waals surface area contributed by atoms with Crippen molar-refractivity contribution in [2.24, 2.45) is 0 Å². The van der Waals surface area contributed by atoms with Crippen molar-refractivity contribution in [2.75, 3.05) is 19.8 Å². The third kappa shape index (κ3) is 2.38. The van der Waals surface area contributed by atoms with Crippen molar-refractivity contribution in [2.45, 2.75) is 31.6 Å². The Labute approximate surface area is 89.3 Å². The van der Waals surface area contributed by atoms with Crippen LogP contribution in [0.3, 0.4) is 0 Å². The Kier molecular flexibility index (Phi) is 3.38. The van der Waals surface area contributed by atoms with Gasteiger partial charge in [-0.2, -0.15) is 0 Å². The molecule has 0 aromatic carbocycles. The molecule has 0 saturated carbocycles. The maximum atomic E-state index is 9.01. The number of ether oxygens (including phenoxy) is 1. The van der Waals surface area contributed by atoms with Crippen LogP contribution in [0.2, 0.25) is 0 Å². The van der Waals surface area contributed by atoms with Crippen molar-refractivity contribution < 1.29 is 14.3 Å². The number of hydrogen-bond donors (Lipinski definition) is 1. The summed E-state index contributed by atoms with van der Waals surface area (Å²) < 4.78 is 10.7. The molecular weight excluding hydrogens is 194 g/mol. The molecule has 2 heterocycles. The Morgan fingerprint density at radius 2 is 2.27 bits per heavy atom. The molecule has 1 saturated heterocycles. The van der Waals surface area contributed by atoms with E-state index in [4.69, 9.17) is 14.3 Å². The summed E-state index contributed by atoms with van der Waals surface area (Å²) in [5.41, 5.74) is 0.846. The van der Waals surface area contributed by atoms with Crippen molar-refractivity contribution in [1.29, 1.82) is 0 Å². The van der Waals surface area contributed by atoms with Gasteiger partial charge >= 0.3 is 0 Å². The van der Waals surface area contributed by atoms with E-state index >= 15 is 0 Å². The summed E-state index contributed by atoms with van der Waals surface area (Å²) in [6.45, 7) is 3.63. The van der Waals surface area contributed by atoms with Gasteiger partial charge in [0.2, 0.25) is 0 Å². The molecule has 4 nitrogen and oxygen atoms in total. The first-order valence-corrected chi connectivity index (χ1v) is 5.45. The Morgan fingerprint density at radius 1 is 1.53 bits per heavy atom. The highest BCUT2D eigenvalue weighted by molar-refractivity contribution is 5.06. The Morgan fingerprint density at radius 3 is 2.93 bits per heavy atom. The zero-order chi connectivity index (χ0) is 10.7. The number of rotatable bonds is 3. The molecule has 0 spiro atoms. The van der Waals surface area contributed by atoms with E-state index in [-0.39, 0.29) is 12.5 Å². The zero-order valence-corrected chi connectivity index (χ0v) is 8.98. The molecule has 1 aromatic rings. The predicted octanol–water partition coefficient (Wildman–Crippen LogP) is 1.66. The molecule has 1 aromatic heterocycles. The number of hydrogen-bond acceptors (Lipinski definition) is 4. The van der Waals surface area contributed by atoms with E-state index in [2.05, 4.69) is 4.98 Å². The molecule has 1 unspecified atom stereocenters. The highest BCUT2D eigenvalue weighted by Gasteiger charge is 2.21. The Balaban J connectivity index is 2.05. The second kappa shape index (κ2) is 4.77. The van der Waals surface area contributed by atoms with Crippen LogP contribution in [0, 0.1) is 0 Å². The molecule has 1 N–H and O–H groups in total. The Bertz CT molecular complexity index is 305. The highest BCUT2D eigenvalue weighted by atomic mass is 16.5. The van der Waals surface area contributed by atoms with Crippen LogP contribution in [-0.4, -0.2) is 29.9 Å². The summed E-state index contributed by atoms with van der Waals surface area (Å²) >= 11 is 0. The van der Waals surface area contributed by atoms with E-state index in [1.807, 2.05) is 6.92 Å². The molecule has 4 heteroatoms. The minimum absolute atomic E-state index is 0.0577. The molecule has 0 aliphatic carbocycles. The zero-order valence-electron chi connectivity index (χ0n) is 8.98. The average molecular weight is 211 g/mol. The van der Waals surface area contributed by atoms with Crippen molar-refractivity contribution >= 4 is 0 Å². The summed E-state index contributed by atoms with van der Waals surface area (Å²) in [7, 11) is 0. The van der Waals surface area contributed by atoms with Gasteiger partial charge in [0.05, 0.1) is 12.3 Å². The predicted molar refractivity (Wildman–Crippen MR) is 54.8 cm³/mol. The first-order chi connectivity index (χ1) is 7.31. The molecule has 1 fully saturated rings. The maximum absolute atomic E-state index is 9.01. The summed E-state index contributed by atoms with van der Waals surface area (Å²) in [4.78, 5) is 4.42. The Hall–Kier alpha value is -0.870. The summed E-state index contributed by atoms with van der Waals surface area (Å²) in [6, 6.07) is 0. The molecule has 1 aliphatic heterocycles. The van der Waals surface area contributed by atoms with E-state index in [0.29, 0.717) is 5.92 Å². The van der Waals surface area contributed by atoms with Gasteiger partial charge < -0.3 is 14.3 Å². The van der Waals surface area contributed by atoms with Crippen LogP contribution in [0.5, 0.6) is 0 Å². The first kappa shape index (κ1) is 10.6. The number of aliphatic hydroxyl groups excluding tert-OH is 1. The van der Waals surface area contributed by atoms with Gasteiger partial charge in [0, 0.05) is 25.0 Å². The molecule has 1 aliphatic rings. The molecule has 1 atom stereocenters. The topological polar surface area (TPSA) is 55.5 Å². The lowest BCUT2D eigenvalue weighted by Crippen LogP contribution is -2.14. The van der Waals surface area contributed by atoms with Gasteiger partial charge in [-0.3, -0.25) is 0 Å². The molecule has 0 radical (unpaired) electrons. The lowest BCUT2D eigenvalue weighted by atomic mass is 10.0. The number of aliphatic hydroxyl groups is 1. The lowest BCUT2D eigenvalue weighted by molar-refractivity contribution is 0.0794. The second-order valence-corrected chi connectivity index (χ2v) is 4.08. The number of aromatic nitrogens is 1. The van der Waals surface area contributed by atoms with Crippen LogP contribution in [0.15, 0.2) is 10.7 Å². The SMILES string of the molecule is CC(CO)c1coc(C2CCOCC2)n1. The van der Waals surface area contributed by atoms with E-state index in [1.165, 1.54) is 0 Å². The van der Waals surface area contributed by atoms with Gasteiger partial charge in [0.25, 0.3) is 0 Å². The molecule has 0 amide bonds. The minimum Gasteiger partial charge on any atom is -0.448 e. The fourth-order valence-corrected chi connectivity index (χ4v) is 1.75. The number of oxazole rings is 1. The van der Waals surface area contributed by atoms with Crippen LogP contribution in [-0.2, 0) is 4.74 Å². The normalized spacial score (nSPS) is 20.4. The second-order valence-electron chi connectivity index (χ2n) is 4.08. The van der Waals surface area contributed by atoms with Crippen LogP contribution in [0.1, 0.15) is 43.2 Å². The van der Waals surface area contributed by atoms with Gasteiger partial charge in [-0.25, -0.2) is 4.98 Å². The summed E-state index contributed by atoms with van der Waals surface area (Å²) in [6.07, 6.45) is 3.62. The van der Waals surface area contributed by atoms with Crippen LogP contribution < -0.4 is 0 Å². The van der Waals surface area contributed by atoms with Gasteiger partial charge in [-0.15, -0.1) is 0 Å². The monoisotopic (exact) mass is 211 g/mol. The van der Waals surface area contributed by atoms with Crippen LogP contribution in [0.25, 0.3) is 0 Å². The van der Waals surface area contributed by atoms with Crippen LogP contribution in [0.4, 0.5) is 0 Å². The van der Waals surface area contributed by atoms with E-state index < -0.39 is 0 Å². The highest BCUT2D eigenvalue weighted by Crippen LogP contribution is 2.27. The fourth-order valence-electron chi connectivity index (χ4n) is 1.75. The first-order valence-electron chi connectivity index (χ1n) is 5.45. The van der Waals surface area contributed by atoms with Gasteiger partial charge in [0.15, 0.2) is 5.89 Å². The molecule has 2 rings (SSSR count). The van der Waals surface area contributed by atoms with Gasteiger partial charge in [-0.1, -0.05) is 6.92 Å². The van der Waals surface area contributed by atoms with E-state index in [0.717, 1.165) is 37.6 Å². The van der Waals surface area contributed by atoms with E-state index in [1.54, 1.807) is 6.26 Å². The average Bonchev–Trinajstić information content (AvgIpc) is 2.78. The third-order valence-corrected chi connectivity index (χ3v) is 2.89. The summed E-state index contributed by atoms with van der Waals surface area (Å²) in [5.74, 6) is 1.24. The minimum atomic E-state index is 0.0577. The summed E-state index contributed by atoms with van der Waals surface area (Å²) in [5, 5.41) is 9.01. The van der Waals surface area contributed by atoms with Gasteiger partial charge in [0.1, 0.15) is 6.26 Å². The molecule has 15 heavy (non-hydrogen) atoms. The quantitative estimate of drug-likeness (QED) is 0.826. The lowest BCUT2D eigenvalue weighted by Gasteiger charge is -2.18. The molecule has 84 valence electrons. The van der Waals surface area contributed by atoms with Crippen molar-refractivity contribution in [1.82, 2.24) is 4.98 Å². The van der Waals surface area contributed by atoms with Crippen molar-refractivity contribution in [3.8, 4) is 0 Å². The largest absolute Gasteiger partial charge is 0.448 e. The third-order valence-electron chi connectivity index (χ3n) is 2.89. The molecular formula is C11H17NO3. The van der Waals surface area contributed by atoms with Crippen LogP contribution >= 0.6 is 0 Å². The maximum Gasteiger partial charge on any atom is 0.197 e. The standard InChI is InChI=1S/C11H17NO3/c1-8(6-13)10-7-15-11(12-10)9-2-4-14-5-3-9/h7-9,13H,2-6H2,1H3. The van der Waals surface area contributed by atoms with Crippen molar-refractivity contribution in [3.05, 3.63) is 17.8 Å². The fraction of sp³-hybridized carbons (Fsp3) is 0.727. The van der Waals surface area contributed by atoms with E-state index in [9.17, 15) is 0 Å². The molecule has 0 bridgehead atoms. The smallest absolute Gasteiger partial charge is 0.197 e. The van der Waals surface area contributed by atoms with Gasteiger partial charge in [-0.05, 0) is 12.8 Å². The number of nitrogens with zero attached hydrogens (tertiary/aromatic N) is 1. The van der Waals surface area contributed by atoms with Crippen molar-refractivity contribution in [3.63, 3.8) is 0 Å².